The van der Waals surface area contributed by atoms with Crippen LogP contribution in [0.25, 0.3) is 0 Å². The van der Waals surface area contributed by atoms with Gasteiger partial charge in [0, 0.05) is 12.5 Å². The van der Waals surface area contributed by atoms with Crippen molar-refractivity contribution in [3.63, 3.8) is 0 Å². The molecule has 1 rings (SSSR count). The van der Waals surface area contributed by atoms with Gasteiger partial charge in [0.1, 0.15) is 0 Å². The van der Waals surface area contributed by atoms with E-state index < -0.39 is 17.9 Å². The number of aliphatic hydroxyl groups is 1. The second-order valence-corrected chi connectivity index (χ2v) is 4.21. The smallest absolute Gasteiger partial charge is 0.305 e. The van der Waals surface area contributed by atoms with Crippen molar-refractivity contribution < 1.29 is 19.8 Å². The summed E-state index contributed by atoms with van der Waals surface area (Å²) in [6, 6.07) is -1.02. The Kier molecular flexibility index (Phi) is 4.70. The molecule has 0 aromatic carbocycles. The van der Waals surface area contributed by atoms with Crippen molar-refractivity contribution in [2.45, 2.75) is 37.8 Å². The SMILES string of the molecule is NC(CC(=O)O)C(=O)NCC1CCCC1O. The lowest BCUT2D eigenvalue weighted by atomic mass is 10.1. The normalized spacial score (nSPS) is 26.4. The molecular formula is C10H18N2O4. The Morgan fingerprint density at radius 1 is 1.44 bits per heavy atom. The molecule has 0 heterocycles. The molecule has 1 amide bonds. The van der Waals surface area contributed by atoms with Crippen LogP contribution in [0.2, 0.25) is 0 Å². The standard InChI is InChI=1S/C10H18N2O4/c11-7(4-9(14)15)10(16)12-5-6-2-1-3-8(6)13/h6-8,13H,1-5,11H2,(H,12,16)(H,14,15). The molecule has 92 valence electrons. The second-order valence-electron chi connectivity index (χ2n) is 4.21. The Balaban J connectivity index is 2.26. The van der Waals surface area contributed by atoms with Gasteiger partial charge in [-0.3, -0.25) is 9.59 Å². The van der Waals surface area contributed by atoms with Crippen LogP contribution >= 0.6 is 0 Å². The fraction of sp³-hybridized carbons (Fsp3) is 0.800. The number of hydrogen-bond donors (Lipinski definition) is 4. The number of carboxylic acids is 1. The van der Waals surface area contributed by atoms with Crippen molar-refractivity contribution in [3.8, 4) is 0 Å². The highest BCUT2D eigenvalue weighted by atomic mass is 16.4. The highest BCUT2D eigenvalue weighted by Gasteiger charge is 2.26. The molecule has 1 aliphatic carbocycles. The molecule has 1 aliphatic rings. The van der Waals surface area contributed by atoms with Crippen LogP contribution in [0.5, 0.6) is 0 Å². The van der Waals surface area contributed by atoms with Gasteiger partial charge in [-0.25, -0.2) is 0 Å². The highest BCUT2D eigenvalue weighted by Crippen LogP contribution is 2.24. The van der Waals surface area contributed by atoms with E-state index in [2.05, 4.69) is 5.32 Å². The van der Waals surface area contributed by atoms with Crippen LogP contribution in [0.3, 0.4) is 0 Å². The molecule has 6 heteroatoms. The number of hydrogen-bond acceptors (Lipinski definition) is 4. The molecule has 0 spiro atoms. The van der Waals surface area contributed by atoms with Crippen LogP contribution in [0, 0.1) is 5.92 Å². The van der Waals surface area contributed by atoms with Gasteiger partial charge < -0.3 is 21.3 Å². The van der Waals surface area contributed by atoms with E-state index in [1.165, 1.54) is 0 Å². The number of aliphatic hydroxyl groups excluding tert-OH is 1. The Bertz CT molecular complexity index is 270. The van der Waals surface area contributed by atoms with Crippen molar-refractivity contribution in [2.75, 3.05) is 6.54 Å². The Hall–Kier alpha value is -1.14. The van der Waals surface area contributed by atoms with Crippen molar-refractivity contribution in [1.29, 1.82) is 0 Å². The Morgan fingerprint density at radius 2 is 2.12 bits per heavy atom. The zero-order chi connectivity index (χ0) is 12.1. The first-order chi connectivity index (χ1) is 7.50. The lowest BCUT2D eigenvalue weighted by Crippen LogP contribution is -2.44. The zero-order valence-corrected chi connectivity index (χ0v) is 9.06. The van der Waals surface area contributed by atoms with E-state index in [0.717, 1.165) is 19.3 Å². The van der Waals surface area contributed by atoms with Crippen LogP contribution in [0.4, 0.5) is 0 Å². The van der Waals surface area contributed by atoms with Gasteiger partial charge in [-0.2, -0.15) is 0 Å². The van der Waals surface area contributed by atoms with E-state index >= 15 is 0 Å². The van der Waals surface area contributed by atoms with Crippen LogP contribution < -0.4 is 11.1 Å². The lowest BCUT2D eigenvalue weighted by Gasteiger charge is -2.16. The third-order valence-electron chi connectivity index (χ3n) is 2.89. The summed E-state index contributed by atoms with van der Waals surface area (Å²) in [7, 11) is 0. The summed E-state index contributed by atoms with van der Waals surface area (Å²) in [4.78, 5) is 21.7. The number of carboxylic acid groups (broad SMARTS) is 1. The minimum absolute atomic E-state index is 0.0704. The maximum absolute atomic E-state index is 11.4. The van der Waals surface area contributed by atoms with E-state index in [4.69, 9.17) is 10.8 Å². The van der Waals surface area contributed by atoms with Crippen LogP contribution in [-0.2, 0) is 9.59 Å². The summed E-state index contributed by atoms with van der Waals surface area (Å²) < 4.78 is 0. The Labute approximate surface area is 93.8 Å². The van der Waals surface area contributed by atoms with Gasteiger partial charge in [-0.05, 0) is 12.8 Å². The Morgan fingerprint density at radius 3 is 2.62 bits per heavy atom. The van der Waals surface area contributed by atoms with Crippen LogP contribution in [-0.4, -0.2) is 40.8 Å². The van der Waals surface area contributed by atoms with Gasteiger partial charge in [0.05, 0.1) is 18.6 Å². The van der Waals surface area contributed by atoms with Crippen molar-refractivity contribution in [1.82, 2.24) is 5.32 Å². The maximum Gasteiger partial charge on any atom is 0.305 e. The minimum Gasteiger partial charge on any atom is -0.481 e. The summed E-state index contributed by atoms with van der Waals surface area (Å²) in [6.45, 7) is 0.368. The summed E-state index contributed by atoms with van der Waals surface area (Å²) in [5.41, 5.74) is 5.38. The number of amides is 1. The molecule has 0 aromatic rings. The summed E-state index contributed by atoms with van der Waals surface area (Å²) in [6.07, 6.45) is 1.87. The number of carbonyl (C=O) groups is 2. The maximum atomic E-state index is 11.4. The molecule has 3 atom stereocenters. The molecule has 1 saturated carbocycles. The largest absolute Gasteiger partial charge is 0.481 e. The number of aliphatic carboxylic acids is 1. The minimum atomic E-state index is -1.09. The van der Waals surface area contributed by atoms with Gasteiger partial charge in [0.2, 0.25) is 5.91 Å². The molecule has 0 radical (unpaired) electrons. The van der Waals surface area contributed by atoms with E-state index in [9.17, 15) is 14.7 Å². The van der Waals surface area contributed by atoms with Crippen molar-refractivity contribution in [3.05, 3.63) is 0 Å². The number of carbonyl (C=O) groups excluding carboxylic acids is 1. The first kappa shape index (κ1) is 12.9. The molecule has 6 nitrogen and oxygen atoms in total. The molecule has 0 saturated heterocycles. The second kappa shape index (κ2) is 5.81. The van der Waals surface area contributed by atoms with Crippen molar-refractivity contribution in [2.24, 2.45) is 11.7 Å². The van der Waals surface area contributed by atoms with Gasteiger partial charge in [-0.1, -0.05) is 6.42 Å². The summed E-state index contributed by atoms with van der Waals surface area (Å²) >= 11 is 0. The quantitative estimate of drug-likeness (QED) is 0.487. The number of nitrogens with one attached hydrogen (secondary N) is 1. The van der Waals surface area contributed by atoms with Gasteiger partial charge in [0.25, 0.3) is 0 Å². The molecule has 0 aromatic heterocycles. The van der Waals surface area contributed by atoms with Crippen LogP contribution in [0.1, 0.15) is 25.7 Å². The molecule has 5 N–H and O–H groups in total. The summed E-state index contributed by atoms with van der Waals surface area (Å²) in [5, 5.41) is 20.5. The van der Waals surface area contributed by atoms with Gasteiger partial charge in [0.15, 0.2) is 0 Å². The predicted molar refractivity (Wildman–Crippen MR) is 56.6 cm³/mol. The predicted octanol–water partition coefficient (Wildman–Crippen LogP) is -0.934. The lowest BCUT2D eigenvalue weighted by molar-refractivity contribution is -0.139. The molecule has 16 heavy (non-hydrogen) atoms. The average Bonchev–Trinajstić information content (AvgIpc) is 2.59. The third kappa shape index (κ3) is 3.79. The molecule has 0 bridgehead atoms. The van der Waals surface area contributed by atoms with Crippen LogP contribution in [0.15, 0.2) is 0 Å². The van der Waals surface area contributed by atoms with E-state index in [1.807, 2.05) is 0 Å². The summed E-state index contributed by atoms with van der Waals surface area (Å²) in [5.74, 6) is -1.49. The highest BCUT2D eigenvalue weighted by molar-refractivity contribution is 5.85. The van der Waals surface area contributed by atoms with Gasteiger partial charge >= 0.3 is 5.97 Å². The molecular weight excluding hydrogens is 212 g/mol. The topological polar surface area (TPSA) is 113 Å². The first-order valence-corrected chi connectivity index (χ1v) is 5.44. The fourth-order valence-corrected chi connectivity index (χ4v) is 1.90. The third-order valence-corrected chi connectivity index (χ3v) is 2.89. The average molecular weight is 230 g/mol. The van der Waals surface area contributed by atoms with E-state index in [0.29, 0.717) is 6.54 Å². The first-order valence-electron chi connectivity index (χ1n) is 5.44. The molecule has 3 unspecified atom stereocenters. The zero-order valence-electron chi connectivity index (χ0n) is 9.06. The van der Waals surface area contributed by atoms with Crippen molar-refractivity contribution >= 4 is 11.9 Å². The number of rotatable bonds is 5. The molecule has 1 fully saturated rings. The monoisotopic (exact) mass is 230 g/mol. The van der Waals surface area contributed by atoms with Gasteiger partial charge in [-0.15, -0.1) is 0 Å². The number of nitrogens with two attached hydrogens (primary N) is 1. The molecule has 0 aliphatic heterocycles. The van der Waals surface area contributed by atoms with E-state index in [-0.39, 0.29) is 18.4 Å². The fourth-order valence-electron chi connectivity index (χ4n) is 1.90. The van der Waals surface area contributed by atoms with E-state index in [1.54, 1.807) is 0 Å².